The first-order valence-electron chi connectivity index (χ1n) is 3.27. The summed E-state index contributed by atoms with van der Waals surface area (Å²) in [7, 11) is 0. The van der Waals surface area contributed by atoms with Gasteiger partial charge in [0.25, 0.3) is 0 Å². The van der Waals surface area contributed by atoms with E-state index in [1.165, 1.54) is 6.92 Å². The van der Waals surface area contributed by atoms with Gasteiger partial charge < -0.3 is 0 Å². The van der Waals surface area contributed by atoms with Crippen LogP contribution in [0.15, 0.2) is 35.4 Å². The summed E-state index contributed by atoms with van der Waals surface area (Å²) in [6.07, 6.45) is 5.03. The Morgan fingerprint density at radius 2 is 2.09 bits per heavy atom. The molecule has 0 aromatic heterocycles. The highest BCUT2D eigenvalue weighted by molar-refractivity contribution is 6.31. The molecule has 0 rings (SSSR count). The van der Waals surface area contributed by atoms with Crippen molar-refractivity contribution >= 4 is 17.4 Å². The second-order valence-electron chi connectivity index (χ2n) is 2.10. The normalized spacial score (nSPS) is 12.1. The van der Waals surface area contributed by atoms with Gasteiger partial charge in [0.05, 0.1) is 0 Å². The van der Waals surface area contributed by atoms with Crippen LogP contribution in [0.2, 0.25) is 0 Å². The fourth-order valence-electron chi connectivity index (χ4n) is 0.615. The molecule has 0 aliphatic heterocycles. The van der Waals surface area contributed by atoms with E-state index in [0.717, 1.165) is 0 Å². The number of carbonyl (C=O) groups is 1. The highest BCUT2D eigenvalue weighted by atomic mass is 35.5. The molecule has 11 heavy (non-hydrogen) atoms. The number of ketones is 1. The maximum Gasteiger partial charge on any atom is 0.159 e. The Kier molecular flexibility index (Phi) is 4.55. The van der Waals surface area contributed by atoms with Crippen molar-refractivity contribution in [1.82, 2.24) is 0 Å². The number of Topliss-reactive ketones (excluding diaryl/α,β-unsaturated/α-hetero) is 1. The molecular formula is C9H11ClO. The average molecular weight is 171 g/mol. The Morgan fingerprint density at radius 1 is 1.55 bits per heavy atom. The third kappa shape index (κ3) is 4.57. The molecule has 0 bridgehead atoms. The predicted molar refractivity (Wildman–Crippen MR) is 48.6 cm³/mol. The summed E-state index contributed by atoms with van der Waals surface area (Å²) in [6.45, 7) is 6.80. The Labute approximate surface area is 72.1 Å². The van der Waals surface area contributed by atoms with Crippen molar-refractivity contribution in [1.29, 1.82) is 0 Å². The second kappa shape index (κ2) is 4.91. The third-order valence-corrected chi connectivity index (χ3v) is 1.17. The van der Waals surface area contributed by atoms with Crippen LogP contribution in [0.25, 0.3) is 0 Å². The van der Waals surface area contributed by atoms with Crippen LogP contribution in [-0.2, 0) is 4.79 Å². The first-order valence-corrected chi connectivity index (χ1v) is 3.65. The Hall–Kier alpha value is -0.820. The van der Waals surface area contributed by atoms with Crippen LogP contribution in [0.3, 0.4) is 0 Å². The standard InChI is InChI=1S/C9H11ClO/c1-4-5-9(8(3)11)6-7(2)10/h4-6H,2H2,1,3H3/b5-4-,9-6+. The minimum atomic E-state index is -0.00935. The number of hydrogen-bond acceptors (Lipinski definition) is 1. The van der Waals surface area contributed by atoms with E-state index in [1.54, 1.807) is 18.2 Å². The summed E-state index contributed by atoms with van der Waals surface area (Å²) in [5.41, 5.74) is 0.576. The van der Waals surface area contributed by atoms with Crippen LogP contribution in [0.5, 0.6) is 0 Å². The summed E-state index contributed by atoms with van der Waals surface area (Å²) in [5, 5.41) is 0.369. The molecule has 0 spiro atoms. The molecule has 0 aliphatic rings. The van der Waals surface area contributed by atoms with Crippen LogP contribution >= 0.6 is 11.6 Å². The second-order valence-corrected chi connectivity index (χ2v) is 2.59. The van der Waals surface area contributed by atoms with Crippen molar-refractivity contribution in [3.05, 3.63) is 35.4 Å². The van der Waals surface area contributed by atoms with Crippen molar-refractivity contribution in [2.24, 2.45) is 0 Å². The maximum absolute atomic E-state index is 10.9. The molecule has 0 atom stereocenters. The highest BCUT2D eigenvalue weighted by Crippen LogP contribution is 2.06. The van der Waals surface area contributed by atoms with Crippen molar-refractivity contribution < 1.29 is 4.79 Å². The van der Waals surface area contributed by atoms with Gasteiger partial charge in [-0.3, -0.25) is 4.79 Å². The predicted octanol–water partition coefficient (Wildman–Crippen LogP) is 2.83. The Morgan fingerprint density at radius 3 is 2.36 bits per heavy atom. The first kappa shape index (κ1) is 10.2. The molecule has 0 aromatic carbocycles. The summed E-state index contributed by atoms with van der Waals surface area (Å²) < 4.78 is 0. The average Bonchev–Trinajstić information content (AvgIpc) is 1.86. The summed E-state index contributed by atoms with van der Waals surface area (Å²) in [4.78, 5) is 10.9. The van der Waals surface area contributed by atoms with E-state index in [9.17, 15) is 4.79 Å². The number of hydrogen-bond donors (Lipinski definition) is 0. The van der Waals surface area contributed by atoms with Gasteiger partial charge in [0.1, 0.15) is 0 Å². The lowest BCUT2D eigenvalue weighted by Crippen LogP contribution is -1.92. The van der Waals surface area contributed by atoms with Crippen molar-refractivity contribution in [3.63, 3.8) is 0 Å². The monoisotopic (exact) mass is 170 g/mol. The van der Waals surface area contributed by atoms with Gasteiger partial charge in [-0.1, -0.05) is 30.3 Å². The summed E-state index contributed by atoms with van der Waals surface area (Å²) >= 11 is 5.50. The zero-order chi connectivity index (χ0) is 8.85. The SMILES string of the molecule is C=C(Cl)/C=C(\C=C/C)C(C)=O. The summed E-state index contributed by atoms with van der Waals surface area (Å²) in [6, 6.07) is 0. The van der Waals surface area contributed by atoms with Gasteiger partial charge in [0.15, 0.2) is 5.78 Å². The largest absolute Gasteiger partial charge is 0.295 e. The minimum absolute atomic E-state index is 0.00935. The molecule has 0 unspecified atom stereocenters. The van der Waals surface area contributed by atoms with Gasteiger partial charge in [-0.25, -0.2) is 0 Å². The van der Waals surface area contributed by atoms with Gasteiger partial charge in [-0.2, -0.15) is 0 Å². The van der Waals surface area contributed by atoms with E-state index in [4.69, 9.17) is 11.6 Å². The first-order chi connectivity index (χ1) is 5.07. The number of halogens is 1. The zero-order valence-corrected chi connectivity index (χ0v) is 7.48. The van der Waals surface area contributed by atoms with E-state index in [-0.39, 0.29) is 5.78 Å². The molecule has 0 radical (unpaired) electrons. The molecule has 0 saturated carbocycles. The summed E-state index contributed by atoms with van der Waals surface area (Å²) in [5.74, 6) is -0.00935. The Bertz CT molecular complexity index is 224. The molecule has 0 aliphatic carbocycles. The molecule has 0 amide bonds. The van der Waals surface area contributed by atoms with E-state index in [2.05, 4.69) is 6.58 Å². The van der Waals surface area contributed by atoms with Crippen LogP contribution in [-0.4, -0.2) is 5.78 Å². The lowest BCUT2D eigenvalue weighted by atomic mass is 10.1. The van der Waals surface area contributed by atoms with Gasteiger partial charge in [-0.15, -0.1) is 0 Å². The molecule has 0 fully saturated rings. The van der Waals surface area contributed by atoms with E-state index < -0.39 is 0 Å². The van der Waals surface area contributed by atoms with Crippen LogP contribution in [0, 0.1) is 0 Å². The van der Waals surface area contributed by atoms with Gasteiger partial charge in [0.2, 0.25) is 0 Å². The molecule has 1 nitrogen and oxygen atoms in total. The molecule has 60 valence electrons. The lowest BCUT2D eigenvalue weighted by Gasteiger charge is -1.93. The fourth-order valence-corrected chi connectivity index (χ4v) is 0.733. The van der Waals surface area contributed by atoms with Crippen LogP contribution in [0.4, 0.5) is 0 Å². The molecular weight excluding hydrogens is 160 g/mol. The minimum Gasteiger partial charge on any atom is -0.295 e. The van der Waals surface area contributed by atoms with Crippen LogP contribution < -0.4 is 0 Å². The molecule has 0 saturated heterocycles. The molecule has 0 aromatic rings. The number of carbonyl (C=O) groups excluding carboxylic acids is 1. The van der Waals surface area contributed by atoms with E-state index in [0.29, 0.717) is 10.6 Å². The fraction of sp³-hybridized carbons (Fsp3) is 0.222. The van der Waals surface area contributed by atoms with E-state index >= 15 is 0 Å². The maximum atomic E-state index is 10.9. The smallest absolute Gasteiger partial charge is 0.159 e. The molecule has 0 heterocycles. The molecule has 2 heteroatoms. The highest BCUT2D eigenvalue weighted by Gasteiger charge is 1.97. The lowest BCUT2D eigenvalue weighted by molar-refractivity contribution is -0.113. The quantitative estimate of drug-likeness (QED) is 0.470. The third-order valence-electron chi connectivity index (χ3n) is 1.06. The van der Waals surface area contributed by atoms with E-state index in [1.807, 2.05) is 6.92 Å². The number of allylic oxidation sites excluding steroid dienone is 5. The number of rotatable bonds is 3. The van der Waals surface area contributed by atoms with Gasteiger partial charge >= 0.3 is 0 Å². The van der Waals surface area contributed by atoms with Crippen molar-refractivity contribution in [2.75, 3.05) is 0 Å². The van der Waals surface area contributed by atoms with Crippen molar-refractivity contribution in [3.8, 4) is 0 Å². The molecule has 0 N–H and O–H groups in total. The van der Waals surface area contributed by atoms with Crippen molar-refractivity contribution in [2.45, 2.75) is 13.8 Å². The zero-order valence-electron chi connectivity index (χ0n) is 6.73. The Balaban J connectivity index is 4.59. The van der Waals surface area contributed by atoms with Gasteiger partial charge in [-0.05, 0) is 19.9 Å². The van der Waals surface area contributed by atoms with Gasteiger partial charge in [0, 0.05) is 10.6 Å². The topological polar surface area (TPSA) is 17.1 Å². The van der Waals surface area contributed by atoms with Crippen LogP contribution in [0.1, 0.15) is 13.8 Å².